The summed E-state index contributed by atoms with van der Waals surface area (Å²) in [4.78, 5) is 37.2. The van der Waals surface area contributed by atoms with Crippen LogP contribution in [0, 0.1) is 11.8 Å². The van der Waals surface area contributed by atoms with Crippen LogP contribution in [0.25, 0.3) is 11.1 Å². The number of hydrogen-bond acceptors (Lipinski definition) is 4. The molecule has 7 nitrogen and oxygen atoms in total. The van der Waals surface area contributed by atoms with Crippen molar-refractivity contribution in [3.63, 3.8) is 0 Å². The van der Waals surface area contributed by atoms with Gasteiger partial charge in [0.2, 0.25) is 5.91 Å². The van der Waals surface area contributed by atoms with Crippen molar-refractivity contribution >= 4 is 18.0 Å². The molecule has 2 N–H and O–H groups in total. The Kier molecular flexibility index (Phi) is 6.17. The third-order valence-electron chi connectivity index (χ3n) is 6.50. The van der Waals surface area contributed by atoms with E-state index in [2.05, 4.69) is 29.6 Å². The molecule has 0 spiro atoms. The molecule has 32 heavy (non-hydrogen) atoms. The molecule has 7 heteroatoms. The van der Waals surface area contributed by atoms with Crippen LogP contribution >= 0.6 is 0 Å². The van der Waals surface area contributed by atoms with Crippen molar-refractivity contribution < 1.29 is 24.2 Å². The summed E-state index contributed by atoms with van der Waals surface area (Å²) in [6.45, 7) is 2.01. The van der Waals surface area contributed by atoms with Crippen molar-refractivity contribution in [1.29, 1.82) is 0 Å². The van der Waals surface area contributed by atoms with Gasteiger partial charge in [-0.15, -0.1) is 0 Å². The minimum Gasteiger partial charge on any atom is -0.481 e. The molecule has 2 aliphatic carbocycles. The van der Waals surface area contributed by atoms with Gasteiger partial charge < -0.3 is 20.1 Å². The lowest BCUT2D eigenvalue weighted by molar-refractivity contribution is -0.144. The second-order valence-corrected chi connectivity index (χ2v) is 8.79. The lowest BCUT2D eigenvalue weighted by atomic mass is 9.79. The smallest absolute Gasteiger partial charge is 0.407 e. The van der Waals surface area contributed by atoms with Gasteiger partial charge in [0.1, 0.15) is 6.61 Å². The van der Waals surface area contributed by atoms with E-state index in [9.17, 15) is 14.4 Å². The van der Waals surface area contributed by atoms with Crippen molar-refractivity contribution in [2.24, 2.45) is 11.8 Å². The number of amides is 2. The fourth-order valence-electron chi connectivity index (χ4n) is 4.63. The van der Waals surface area contributed by atoms with E-state index in [0.29, 0.717) is 12.8 Å². The highest BCUT2D eigenvalue weighted by molar-refractivity contribution is 5.81. The zero-order valence-electron chi connectivity index (χ0n) is 18.3. The number of ether oxygens (including phenoxy) is 1. The summed E-state index contributed by atoms with van der Waals surface area (Å²) in [5.74, 6) is -1.80. The van der Waals surface area contributed by atoms with E-state index >= 15 is 0 Å². The molecule has 0 saturated heterocycles. The maximum atomic E-state index is 12.4. The van der Waals surface area contributed by atoms with Gasteiger partial charge in [0.25, 0.3) is 0 Å². The number of rotatable bonds is 7. The number of fused-ring (bicyclic) bond motifs is 3. The Morgan fingerprint density at radius 3 is 2.19 bits per heavy atom. The van der Waals surface area contributed by atoms with Crippen LogP contribution in [0.5, 0.6) is 0 Å². The number of carbonyl (C=O) groups is 3. The molecule has 0 heterocycles. The quantitative estimate of drug-likeness (QED) is 0.693. The van der Waals surface area contributed by atoms with Gasteiger partial charge in [0.15, 0.2) is 0 Å². The zero-order chi connectivity index (χ0) is 22.8. The van der Waals surface area contributed by atoms with E-state index < -0.39 is 18.0 Å². The molecule has 2 aromatic carbocycles. The number of hydrogen-bond donors (Lipinski definition) is 2. The number of nitrogens with zero attached hydrogens (tertiary/aromatic N) is 1. The van der Waals surface area contributed by atoms with Crippen molar-refractivity contribution in [3.8, 4) is 11.1 Å². The van der Waals surface area contributed by atoms with Gasteiger partial charge in [-0.1, -0.05) is 55.5 Å². The summed E-state index contributed by atoms with van der Waals surface area (Å²) in [5.41, 5.74) is 4.68. The Balaban J connectivity index is 1.26. The van der Waals surface area contributed by atoms with Crippen LogP contribution in [0.3, 0.4) is 0 Å². The Morgan fingerprint density at radius 2 is 1.62 bits per heavy atom. The van der Waals surface area contributed by atoms with E-state index in [4.69, 9.17) is 9.84 Å². The van der Waals surface area contributed by atoms with Gasteiger partial charge in [0.05, 0.1) is 5.92 Å². The number of nitrogens with one attached hydrogen (secondary N) is 1. The van der Waals surface area contributed by atoms with Crippen LogP contribution in [0.15, 0.2) is 48.5 Å². The maximum absolute atomic E-state index is 12.4. The molecule has 0 aliphatic heterocycles. The number of alkyl carbamates (subject to hydrolysis) is 1. The van der Waals surface area contributed by atoms with E-state index in [-0.39, 0.29) is 36.9 Å². The highest BCUT2D eigenvalue weighted by Crippen LogP contribution is 2.44. The largest absolute Gasteiger partial charge is 0.481 e. The lowest BCUT2D eigenvalue weighted by Gasteiger charge is -2.37. The first-order chi connectivity index (χ1) is 15.3. The summed E-state index contributed by atoms with van der Waals surface area (Å²) in [5, 5.41) is 11.8. The second-order valence-electron chi connectivity index (χ2n) is 8.79. The normalized spacial score (nSPS) is 19.8. The number of carboxylic acid groups (broad SMARTS) is 1. The number of carboxylic acids is 1. The monoisotopic (exact) mass is 436 g/mol. The SMILES string of the molecule is CC(CN(C)C(=O)C1CC(NC(=O)OCC2c3ccccc3-c3ccccc32)C1)C(=O)O. The molecular formula is C25H28N2O5. The molecule has 0 aromatic heterocycles. The lowest BCUT2D eigenvalue weighted by Crippen LogP contribution is -2.50. The highest BCUT2D eigenvalue weighted by Gasteiger charge is 2.38. The van der Waals surface area contributed by atoms with Gasteiger partial charge in [0, 0.05) is 31.5 Å². The maximum Gasteiger partial charge on any atom is 0.407 e. The van der Waals surface area contributed by atoms with Crippen molar-refractivity contribution in [2.75, 3.05) is 20.2 Å². The Hall–Kier alpha value is -3.35. The van der Waals surface area contributed by atoms with E-state index in [0.717, 1.165) is 11.1 Å². The summed E-state index contributed by atoms with van der Waals surface area (Å²) < 4.78 is 5.56. The van der Waals surface area contributed by atoms with Crippen LogP contribution < -0.4 is 5.32 Å². The van der Waals surface area contributed by atoms with Gasteiger partial charge in [-0.3, -0.25) is 9.59 Å². The molecule has 4 rings (SSSR count). The number of aliphatic carboxylic acids is 1. The Morgan fingerprint density at radius 1 is 1.06 bits per heavy atom. The molecule has 1 atom stereocenters. The molecule has 1 unspecified atom stereocenters. The van der Waals surface area contributed by atoms with Gasteiger partial charge in [-0.25, -0.2) is 4.79 Å². The predicted molar refractivity (Wildman–Crippen MR) is 119 cm³/mol. The van der Waals surface area contributed by atoms with Crippen molar-refractivity contribution in [1.82, 2.24) is 10.2 Å². The molecular weight excluding hydrogens is 408 g/mol. The second kappa shape index (κ2) is 9.02. The summed E-state index contributed by atoms with van der Waals surface area (Å²) in [6, 6.07) is 16.2. The fraction of sp³-hybridized carbons (Fsp3) is 0.400. The van der Waals surface area contributed by atoms with Crippen LogP contribution in [0.2, 0.25) is 0 Å². The summed E-state index contributed by atoms with van der Waals surface area (Å²) >= 11 is 0. The molecule has 2 aliphatic rings. The van der Waals surface area contributed by atoms with E-state index in [1.54, 1.807) is 14.0 Å². The number of carbonyl (C=O) groups excluding carboxylic acids is 2. The molecule has 0 radical (unpaired) electrons. The number of benzene rings is 2. The van der Waals surface area contributed by atoms with Gasteiger partial charge in [-0.05, 0) is 35.1 Å². The first-order valence-corrected chi connectivity index (χ1v) is 10.9. The van der Waals surface area contributed by atoms with E-state index in [1.165, 1.54) is 16.0 Å². The Labute approximate surface area is 187 Å². The minimum absolute atomic E-state index is 0.00809. The van der Waals surface area contributed by atoms with Crippen molar-refractivity contribution in [2.45, 2.75) is 31.7 Å². The first-order valence-electron chi connectivity index (χ1n) is 10.9. The molecule has 0 bridgehead atoms. The molecule has 2 aromatic rings. The third-order valence-corrected chi connectivity index (χ3v) is 6.50. The zero-order valence-corrected chi connectivity index (χ0v) is 18.3. The fourth-order valence-corrected chi connectivity index (χ4v) is 4.63. The standard InChI is InChI=1S/C25H28N2O5/c1-15(24(29)30)13-27(2)23(28)16-11-17(12-16)26-25(31)32-14-22-20-9-5-3-7-18(20)19-8-4-6-10-21(19)22/h3-10,15-17,22H,11-14H2,1-2H3,(H,26,31)(H,29,30). The molecule has 1 saturated carbocycles. The molecule has 1 fully saturated rings. The minimum atomic E-state index is -0.923. The van der Waals surface area contributed by atoms with Gasteiger partial charge in [-0.2, -0.15) is 0 Å². The van der Waals surface area contributed by atoms with Crippen LogP contribution in [0.4, 0.5) is 4.79 Å². The average Bonchev–Trinajstić information content (AvgIpc) is 3.07. The van der Waals surface area contributed by atoms with Crippen LogP contribution in [-0.4, -0.2) is 54.2 Å². The van der Waals surface area contributed by atoms with E-state index in [1.807, 2.05) is 24.3 Å². The highest BCUT2D eigenvalue weighted by atomic mass is 16.5. The summed E-state index contributed by atoms with van der Waals surface area (Å²) in [6.07, 6.45) is 0.597. The first kappa shape index (κ1) is 21.9. The third kappa shape index (κ3) is 4.33. The summed E-state index contributed by atoms with van der Waals surface area (Å²) in [7, 11) is 1.62. The predicted octanol–water partition coefficient (Wildman–Crippen LogP) is 3.48. The topological polar surface area (TPSA) is 95.9 Å². The molecule has 168 valence electrons. The van der Waals surface area contributed by atoms with Crippen LogP contribution in [-0.2, 0) is 14.3 Å². The van der Waals surface area contributed by atoms with Gasteiger partial charge >= 0.3 is 12.1 Å². The van der Waals surface area contributed by atoms with Crippen molar-refractivity contribution in [3.05, 3.63) is 59.7 Å². The molecule has 2 amide bonds. The average molecular weight is 437 g/mol. The Bertz CT molecular complexity index is 985. The van der Waals surface area contributed by atoms with Crippen LogP contribution in [0.1, 0.15) is 36.8 Å².